The molecule has 0 amide bonds. The lowest BCUT2D eigenvalue weighted by atomic mass is 9.81. The Labute approximate surface area is 209 Å². The number of aliphatic hydroxyl groups excluding tert-OH is 3. The third kappa shape index (κ3) is 4.78. The second-order valence-corrected chi connectivity index (χ2v) is 11.9. The Morgan fingerprint density at radius 3 is 2.40 bits per heavy atom. The Kier molecular flexibility index (Phi) is 6.77. The van der Waals surface area contributed by atoms with Crippen LogP contribution < -0.4 is 0 Å². The van der Waals surface area contributed by atoms with Gasteiger partial charge in [0.05, 0.1) is 0 Å². The van der Waals surface area contributed by atoms with Crippen LogP contribution in [-0.4, -0.2) is 50.7 Å². The van der Waals surface area contributed by atoms with Crippen molar-refractivity contribution in [3.8, 4) is 0 Å². The number of hydrogen-bond donors (Lipinski definition) is 3. The molecular formula is C28H34F2O4S. The van der Waals surface area contributed by atoms with E-state index in [9.17, 15) is 24.1 Å². The lowest BCUT2D eigenvalue weighted by Gasteiger charge is -2.40. The lowest BCUT2D eigenvalue weighted by Crippen LogP contribution is -2.53. The Morgan fingerprint density at radius 2 is 1.71 bits per heavy atom. The molecule has 1 heterocycles. The number of rotatable bonds is 6. The molecule has 1 aliphatic heterocycles. The van der Waals surface area contributed by atoms with E-state index in [2.05, 4.69) is 24.3 Å². The quantitative estimate of drug-likeness (QED) is 0.522. The largest absolute Gasteiger partial charge is 0.387 e. The van der Waals surface area contributed by atoms with Crippen LogP contribution >= 0.6 is 11.8 Å². The molecule has 3 N–H and O–H groups in total. The van der Waals surface area contributed by atoms with Crippen molar-refractivity contribution in [1.82, 2.24) is 0 Å². The molecule has 190 valence electrons. The van der Waals surface area contributed by atoms with E-state index in [1.807, 2.05) is 32.0 Å². The number of hydrogen-bond acceptors (Lipinski definition) is 5. The van der Waals surface area contributed by atoms with Crippen molar-refractivity contribution >= 4 is 11.8 Å². The van der Waals surface area contributed by atoms with Crippen LogP contribution in [0.3, 0.4) is 0 Å². The third-order valence-corrected chi connectivity index (χ3v) is 9.29. The fourth-order valence-corrected chi connectivity index (χ4v) is 6.86. The number of aryl methyl sites for hydroxylation is 1. The molecule has 2 saturated carbocycles. The van der Waals surface area contributed by atoms with E-state index in [-0.39, 0.29) is 24.2 Å². The van der Waals surface area contributed by atoms with Gasteiger partial charge in [0.2, 0.25) is 5.92 Å². The summed E-state index contributed by atoms with van der Waals surface area (Å²) in [5, 5.41) is 31.3. The van der Waals surface area contributed by atoms with Crippen molar-refractivity contribution < 1.29 is 28.8 Å². The highest BCUT2D eigenvalue weighted by molar-refractivity contribution is 7.99. The smallest absolute Gasteiger partial charge is 0.248 e. The predicted molar refractivity (Wildman–Crippen MR) is 133 cm³/mol. The molecule has 0 spiro atoms. The first-order chi connectivity index (χ1) is 16.6. The highest BCUT2D eigenvalue weighted by Gasteiger charge is 2.61. The third-order valence-electron chi connectivity index (χ3n) is 8.24. The number of halogens is 2. The monoisotopic (exact) mass is 504 g/mol. The number of fused-ring (bicyclic) bond motifs is 1. The zero-order valence-electron chi connectivity index (χ0n) is 20.2. The Morgan fingerprint density at radius 1 is 0.971 bits per heavy atom. The van der Waals surface area contributed by atoms with Gasteiger partial charge in [-0.3, -0.25) is 0 Å². The van der Waals surface area contributed by atoms with Gasteiger partial charge in [0, 0.05) is 12.8 Å². The molecule has 5 rings (SSSR count). The van der Waals surface area contributed by atoms with Crippen LogP contribution in [0.1, 0.15) is 66.5 Å². The minimum absolute atomic E-state index is 0.0131. The molecule has 2 aliphatic carbocycles. The van der Waals surface area contributed by atoms with Gasteiger partial charge < -0.3 is 20.1 Å². The molecule has 3 aliphatic rings. The maximum absolute atomic E-state index is 13.8. The average molecular weight is 505 g/mol. The fourth-order valence-electron chi connectivity index (χ4n) is 5.98. The number of benzene rings is 2. The predicted octanol–water partition coefficient (Wildman–Crippen LogP) is 4.90. The van der Waals surface area contributed by atoms with Crippen molar-refractivity contribution in [3.05, 3.63) is 70.3 Å². The van der Waals surface area contributed by atoms with Gasteiger partial charge in [-0.25, -0.2) is 8.78 Å². The Balaban J connectivity index is 1.32. The van der Waals surface area contributed by atoms with Gasteiger partial charge in [-0.05, 0) is 71.1 Å². The summed E-state index contributed by atoms with van der Waals surface area (Å²) in [5.41, 5.74) is 4.62. The van der Waals surface area contributed by atoms with Crippen molar-refractivity contribution in [3.63, 3.8) is 0 Å². The first-order valence-corrected chi connectivity index (χ1v) is 13.6. The van der Waals surface area contributed by atoms with Crippen molar-refractivity contribution in [2.45, 2.75) is 87.1 Å². The maximum atomic E-state index is 13.8. The van der Waals surface area contributed by atoms with Gasteiger partial charge in [0.25, 0.3) is 0 Å². The summed E-state index contributed by atoms with van der Waals surface area (Å²) in [4.78, 5) is 0. The van der Waals surface area contributed by atoms with Crippen LogP contribution in [-0.2, 0) is 16.6 Å². The molecule has 7 atom stereocenters. The highest BCUT2D eigenvalue weighted by Crippen LogP contribution is 2.65. The normalized spacial score (nSPS) is 36.0. The highest BCUT2D eigenvalue weighted by atomic mass is 32.2. The molecular weight excluding hydrogens is 470 g/mol. The van der Waals surface area contributed by atoms with Crippen LogP contribution in [0.4, 0.5) is 8.78 Å². The van der Waals surface area contributed by atoms with Crippen LogP contribution in [0, 0.1) is 12.8 Å². The molecule has 0 bridgehead atoms. The van der Waals surface area contributed by atoms with Crippen molar-refractivity contribution in [2.75, 3.05) is 5.75 Å². The van der Waals surface area contributed by atoms with E-state index in [0.717, 1.165) is 34.4 Å². The van der Waals surface area contributed by atoms with Gasteiger partial charge >= 0.3 is 0 Å². The number of alkyl halides is 2. The van der Waals surface area contributed by atoms with E-state index < -0.39 is 35.8 Å². The molecule has 1 saturated heterocycles. The van der Waals surface area contributed by atoms with E-state index in [1.54, 1.807) is 0 Å². The molecule has 4 nitrogen and oxygen atoms in total. The SMILES string of the molecule is CCS[C@H]1O[C@@H](c2ccc(C)c(Cc3ccc(C45CCC(F)(F)CC4C5)cc3)c2)[C@H](O)[C@@H](O)[C@@H]1O. The maximum Gasteiger partial charge on any atom is 0.248 e. The van der Waals surface area contributed by atoms with Crippen LogP contribution in [0.2, 0.25) is 0 Å². The lowest BCUT2D eigenvalue weighted by molar-refractivity contribution is -0.200. The van der Waals surface area contributed by atoms with E-state index in [4.69, 9.17) is 4.74 Å². The van der Waals surface area contributed by atoms with Gasteiger partial charge in [-0.1, -0.05) is 49.4 Å². The molecule has 2 aromatic rings. The van der Waals surface area contributed by atoms with Crippen molar-refractivity contribution in [2.24, 2.45) is 5.92 Å². The molecule has 35 heavy (non-hydrogen) atoms. The van der Waals surface area contributed by atoms with E-state index in [1.165, 1.54) is 17.3 Å². The van der Waals surface area contributed by atoms with E-state index >= 15 is 0 Å². The molecule has 3 fully saturated rings. The summed E-state index contributed by atoms with van der Waals surface area (Å²) < 4.78 is 33.5. The molecule has 0 aromatic heterocycles. The summed E-state index contributed by atoms with van der Waals surface area (Å²) in [6.45, 7) is 3.99. The zero-order chi connectivity index (χ0) is 25.0. The summed E-state index contributed by atoms with van der Waals surface area (Å²) >= 11 is 1.41. The van der Waals surface area contributed by atoms with Crippen molar-refractivity contribution in [1.29, 1.82) is 0 Å². The van der Waals surface area contributed by atoms with Crippen LogP contribution in [0.5, 0.6) is 0 Å². The van der Waals surface area contributed by atoms with E-state index in [0.29, 0.717) is 12.8 Å². The molecule has 0 radical (unpaired) electrons. The molecule has 7 heteroatoms. The molecule has 2 aromatic carbocycles. The number of ether oxygens (including phenoxy) is 1. The first kappa shape index (κ1) is 25.2. The summed E-state index contributed by atoms with van der Waals surface area (Å²) in [5.74, 6) is -1.69. The standard InChI is InChI=1S/C28H34F2O4S/c1-3-35-26-24(33)22(31)23(32)25(34-26)18-7-4-16(2)19(13-18)12-17-5-8-20(9-6-17)27-10-11-28(29,30)15-21(27)14-27/h4-9,13,21-26,31-33H,3,10-12,14-15H2,1-2H3/t21?,22-,23-,24+,25+,26-,27?/m1/s1. The fraction of sp³-hybridized carbons (Fsp3) is 0.571. The Hall–Kier alpha value is -1.51. The second kappa shape index (κ2) is 9.42. The zero-order valence-corrected chi connectivity index (χ0v) is 21.0. The number of aliphatic hydroxyl groups is 3. The number of thioether (sulfide) groups is 1. The average Bonchev–Trinajstić information content (AvgIpc) is 3.55. The Bertz CT molecular complexity index is 1060. The minimum Gasteiger partial charge on any atom is -0.387 e. The topological polar surface area (TPSA) is 69.9 Å². The van der Waals surface area contributed by atoms with Gasteiger partial charge in [-0.2, -0.15) is 0 Å². The van der Waals surface area contributed by atoms with Gasteiger partial charge in [-0.15, -0.1) is 11.8 Å². The van der Waals surface area contributed by atoms with Gasteiger partial charge in [0.1, 0.15) is 29.9 Å². The summed E-state index contributed by atoms with van der Waals surface area (Å²) in [7, 11) is 0. The summed E-state index contributed by atoms with van der Waals surface area (Å²) in [6, 6.07) is 14.3. The van der Waals surface area contributed by atoms with Gasteiger partial charge in [0.15, 0.2) is 0 Å². The summed E-state index contributed by atoms with van der Waals surface area (Å²) in [6.07, 6.45) is -2.25. The first-order valence-electron chi connectivity index (χ1n) is 12.5. The van der Waals surface area contributed by atoms with Crippen LogP contribution in [0.15, 0.2) is 42.5 Å². The van der Waals surface area contributed by atoms with Crippen LogP contribution in [0.25, 0.3) is 0 Å². The molecule has 2 unspecified atom stereocenters. The minimum atomic E-state index is -2.51. The second-order valence-electron chi connectivity index (χ2n) is 10.5.